The van der Waals surface area contributed by atoms with Gasteiger partial charge in [-0.15, -0.1) is 0 Å². The van der Waals surface area contributed by atoms with E-state index in [0.29, 0.717) is 0 Å². The zero-order valence-electron chi connectivity index (χ0n) is 9.62. The summed E-state index contributed by atoms with van der Waals surface area (Å²) >= 11 is 0. The van der Waals surface area contributed by atoms with Crippen LogP contribution < -0.4 is 10.6 Å². The maximum atomic E-state index is 13.2. The summed E-state index contributed by atoms with van der Waals surface area (Å²) in [4.78, 5) is 10.9. The Balaban J connectivity index is 2.65. The van der Waals surface area contributed by atoms with Crippen LogP contribution in [0.5, 0.6) is 0 Å². The van der Waals surface area contributed by atoms with Gasteiger partial charge in [-0.2, -0.15) is 0 Å². The van der Waals surface area contributed by atoms with Crippen LogP contribution in [0.2, 0.25) is 0 Å². The molecule has 3 nitrogen and oxygen atoms in total. The summed E-state index contributed by atoms with van der Waals surface area (Å²) < 4.78 is 52.0. The van der Waals surface area contributed by atoms with Gasteiger partial charge in [0.2, 0.25) is 5.91 Å². The average molecular weight is 264 g/mol. The third-order valence-electron chi connectivity index (χ3n) is 2.27. The highest BCUT2D eigenvalue weighted by Crippen LogP contribution is 2.23. The van der Waals surface area contributed by atoms with Gasteiger partial charge in [-0.05, 0) is 6.42 Å². The Hall–Kier alpha value is -1.79. The fourth-order valence-corrected chi connectivity index (χ4v) is 1.32. The van der Waals surface area contributed by atoms with Crippen LogP contribution in [0.4, 0.5) is 23.2 Å². The molecule has 0 aliphatic carbocycles. The van der Waals surface area contributed by atoms with E-state index in [9.17, 15) is 22.4 Å². The number of benzene rings is 1. The normalized spacial score (nSPS) is 10.3. The molecule has 0 unspecified atom stereocenters. The highest BCUT2D eigenvalue weighted by molar-refractivity contribution is 5.75. The number of carbonyl (C=O) groups excluding carboxylic acids is 1. The van der Waals surface area contributed by atoms with Crippen LogP contribution in [0.15, 0.2) is 6.07 Å². The Morgan fingerprint density at radius 1 is 1.17 bits per heavy atom. The van der Waals surface area contributed by atoms with Crippen molar-refractivity contribution in [1.82, 2.24) is 5.32 Å². The van der Waals surface area contributed by atoms with Crippen molar-refractivity contribution < 1.29 is 22.4 Å². The van der Waals surface area contributed by atoms with Crippen LogP contribution >= 0.6 is 0 Å². The van der Waals surface area contributed by atoms with Crippen LogP contribution in [-0.2, 0) is 4.79 Å². The minimum atomic E-state index is -1.48. The summed E-state index contributed by atoms with van der Waals surface area (Å²) in [6.45, 7) is 0.0180. The first-order chi connectivity index (χ1) is 8.47. The molecule has 0 bridgehead atoms. The predicted molar refractivity (Wildman–Crippen MR) is 58.1 cm³/mol. The maximum Gasteiger partial charge on any atom is 0.219 e. The molecule has 0 aliphatic heterocycles. The molecule has 1 aromatic carbocycles. The van der Waals surface area contributed by atoms with E-state index < -0.39 is 29.0 Å². The second-order valence-electron chi connectivity index (χ2n) is 3.55. The summed E-state index contributed by atoms with van der Waals surface area (Å²) in [5.41, 5.74) is -0.857. The van der Waals surface area contributed by atoms with Crippen LogP contribution in [0.1, 0.15) is 12.8 Å². The van der Waals surface area contributed by atoms with E-state index in [-0.39, 0.29) is 31.4 Å². The molecular formula is C11H12F4N2O. The number of rotatable bonds is 5. The molecule has 2 N–H and O–H groups in total. The molecule has 0 spiro atoms. The van der Waals surface area contributed by atoms with Gasteiger partial charge in [0.05, 0.1) is 0 Å². The summed E-state index contributed by atoms with van der Waals surface area (Å²) in [6.07, 6.45) is 0.418. The monoisotopic (exact) mass is 264 g/mol. The predicted octanol–water partition coefficient (Wildman–Crippen LogP) is 2.18. The molecule has 18 heavy (non-hydrogen) atoms. The van der Waals surface area contributed by atoms with Crippen LogP contribution in [0.3, 0.4) is 0 Å². The van der Waals surface area contributed by atoms with Gasteiger partial charge < -0.3 is 10.6 Å². The van der Waals surface area contributed by atoms with Gasteiger partial charge in [0.25, 0.3) is 0 Å². The van der Waals surface area contributed by atoms with Crippen molar-refractivity contribution in [1.29, 1.82) is 0 Å². The number of halogens is 4. The van der Waals surface area contributed by atoms with Gasteiger partial charge in [0.15, 0.2) is 23.3 Å². The van der Waals surface area contributed by atoms with Crippen LogP contribution in [-0.4, -0.2) is 19.5 Å². The standard InChI is InChI=1S/C11H12F4N2O/c1-16-8(18)3-2-4-17-11-9(14)6(12)5-7(13)10(11)15/h5,17H,2-4H2,1H3,(H,16,18). The van der Waals surface area contributed by atoms with E-state index in [4.69, 9.17) is 0 Å². The van der Waals surface area contributed by atoms with E-state index in [2.05, 4.69) is 10.6 Å². The third kappa shape index (κ3) is 3.35. The Bertz CT molecular complexity index is 425. The van der Waals surface area contributed by atoms with E-state index in [1.54, 1.807) is 0 Å². The second-order valence-corrected chi connectivity index (χ2v) is 3.55. The zero-order chi connectivity index (χ0) is 13.7. The quantitative estimate of drug-likeness (QED) is 0.486. The Kier molecular flexibility index (Phi) is 4.94. The van der Waals surface area contributed by atoms with E-state index in [1.807, 2.05) is 0 Å². The summed E-state index contributed by atoms with van der Waals surface area (Å²) in [5.74, 6) is -6.13. The molecule has 7 heteroatoms. The van der Waals surface area contributed by atoms with E-state index >= 15 is 0 Å². The fraction of sp³-hybridized carbons (Fsp3) is 0.364. The minimum Gasteiger partial charge on any atom is -0.380 e. The number of anilines is 1. The van der Waals surface area contributed by atoms with Crippen molar-refractivity contribution in [2.45, 2.75) is 12.8 Å². The summed E-state index contributed by atoms with van der Waals surface area (Å²) in [5, 5.41) is 4.60. The van der Waals surface area contributed by atoms with E-state index in [1.165, 1.54) is 7.05 Å². The van der Waals surface area contributed by atoms with Crippen molar-refractivity contribution in [3.05, 3.63) is 29.3 Å². The Morgan fingerprint density at radius 2 is 1.72 bits per heavy atom. The molecule has 100 valence electrons. The number of nitrogens with one attached hydrogen (secondary N) is 2. The molecular weight excluding hydrogens is 252 g/mol. The second kappa shape index (κ2) is 6.23. The molecule has 0 saturated carbocycles. The number of hydrogen-bond acceptors (Lipinski definition) is 2. The fourth-order valence-electron chi connectivity index (χ4n) is 1.32. The molecule has 1 rings (SSSR count). The molecule has 0 atom stereocenters. The lowest BCUT2D eigenvalue weighted by molar-refractivity contribution is -0.120. The van der Waals surface area contributed by atoms with Crippen LogP contribution in [0.25, 0.3) is 0 Å². The molecule has 0 heterocycles. The van der Waals surface area contributed by atoms with Gasteiger partial charge in [-0.1, -0.05) is 0 Å². The maximum absolute atomic E-state index is 13.2. The molecule has 1 aromatic rings. The van der Waals surface area contributed by atoms with Gasteiger partial charge >= 0.3 is 0 Å². The average Bonchev–Trinajstić information content (AvgIpc) is 2.35. The molecule has 0 aliphatic rings. The minimum absolute atomic E-state index is 0.0180. The van der Waals surface area contributed by atoms with Crippen LogP contribution in [0, 0.1) is 23.3 Å². The summed E-state index contributed by atoms with van der Waals surface area (Å²) in [6, 6.07) is 0.139. The first kappa shape index (κ1) is 14.3. The Morgan fingerprint density at radius 3 is 2.22 bits per heavy atom. The lowest BCUT2D eigenvalue weighted by Crippen LogP contribution is -2.18. The number of hydrogen-bond donors (Lipinski definition) is 2. The zero-order valence-corrected chi connectivity index (χ0v) is 9.62. The van der Waals surface area contributed by atoms with Gasteiger partial charge in [0, 0.05) is 26.1 Å². The van der Waals surface area contributed by atoms with Crippen molar-refractivity contribution in [2.24, 2.45) is 0 Å². The molecule has 0 aromatic heterocycles. The van der Waals surface area contributed by atoms with Crippen molar-refractivity contribution >= 4 is 11.6 Å². The Labute approximate surface area is 101 Å². The smallest absolute Gasteiger partial charge is 0.219 e. The van der Waals surface area contributed by atoms with Crippen molar-refractivity contribution in [3.63, 3.8) is 0 Å². The number of amides is 1. The lowest BCUT2D eigenvalue weighted by atomic mass is 10.2. The SMILES string of the molecule is CNC(=O)CCCNc1c(F)c(F)cc(F)c1F. The largest absolute Gasteiger partial charge is 0.380 e. The van der Waals surface area contributed by atoms with Crippen molar-refractivity contribution in [2.75, 3.05) is 18.9 Å². The van der Waals surface area contributed by atoms with Gasteiger partial charge in [-0.3, -0.25) is 4.79 Å². The summed E-state index contributed by atoms with van der Waals surface area (Å²) in [7, 11) is 1.46. The molecule has 0 fully saturated rings. The topological polar surface area (TPSA) is 41.1 Å². The van der Waals surface area contributed by atoms with Gasteiger partial charge in [0.1, 0.15) is 5.69 Å². The highest BCUT2D eigenvalue weighted by atomic mass is 19.2. The highest BCUT2D eigenvalue weighted by Gasteiger charge is 2.18. The first-order valence-electron chi connectivity index (χ1n) is 5.24. The van der Waals surface area contributed by atoms with Gasteiger partial charge in [-0.25, -0.2) is 17.6 Å². The lowest BCUT2D eigenvalue weighted by Gasteiger charge is -2.09. The molecule has 0 radical (unpaired) electrons. The first-order valence-corrected chi connectivity index (χ1v) is 5.24. The van der Waals surface area contributed by atoms with Crippen molar-refractivity contribution in [3.8, 4) is 0 Å². The number of carbonyl (C=O) groups is 1. The third-order valence-corrected chi connectivity index (χ3v) is 2.27. The molecule has 0 saturated heterocycles. The molecule has 1 amide bonds. The van der Waals surface area contributed by atoms with E-state index in [0.717, 1.165) is 0 Å².